The topological polar surface area (TPSA) is 82.6 Å². The van der Waals surface area contributed by atoms with Gasteiger partial charge in [-0.1, -0.05) is 41.9 Å². The lowest BCUT2D eigenvalue weighted by Crippen LogP contribution is -2.25. The molecule has 6 rings (SSSR count). The number of nitrogens with zero attached hydrogens (tertiary/aromatic N) is 4. The number of halogens is 1. The van der Waals surface area contributed by atoms with E-state index >= 15 is 0 Å². The van der Waals surface area contributed by atoms with Crippen LogP contribution in [0, 0.1) is 6.92 Å². The molecule has 0 fully saturated rings. The Morgan fingerprint density at radius 1 is 1.05 bits per heavy atom. The smallest absolute Gasteiger partial charge is 0.297 e. The monoisotopic (exact) mass is 557 g/mol. The van der Waals surface area contributed by atoms with Crippen LogP contribution < -0.4 is 20.4 Å². The number of carbonyl (C=O) groups excluding carboxylic acids is 1. The normalized spacial score (nSPS) is 13.2. The third kappa shape index (κ3) is 4.71. The van der Waals surface area contributed by atoms with Gasteiger partial charge in [0.05, 0.1) is 29.3 Å². The fourth-order valence-electron chi connectivity index (χ4n) is 4.64. The van der Waals surface area contributed by atoms with Crippen LogP contribution in [-0.2, 0) is 18.4 Å². The van der Waals surface area contributed by atoms with Crippen LogP contribution in [0.2, 0.25) is 5.02 Å². The van der Waals surface area contributed by atoms with Gasteiger partial charge >= 0.3 is 0 Å². The fraction of sp³-hybridized carbons (Fsp3) is 0.138. The first-order chi connectivity index (χ1) is 18.9. The summed E-state index contributed by atoms with van der Waals surface area (Å²) >= 11 is 7.74. The lowest BCUT2D eigenvalue weighted by molar-refractivity contribution is -0.118. The predicted molar refractivity (Wildman–Crippen MR) is 153 cm³/mol. The summed E-state index contributed by atoms with van der Waals surface area (Å²) in [6.07, 6.45) is 0. The summed E-state index contributed by atoms with van der Waals surface area (Å²) in [5, 5.41) is 5.52. The maximum Gasteiger partial charge on any atom is 0.297 e. The minimum Gasteiger partial charge on any atom is -0.482 e. The van der Waals surface area contributed by atoms with Crippen molar-refractivity contribution in [1.82, 2.24) is 13.9 Å². The van der Waals surface area contributed by atoms with Crippen LogP contribution in [0.4, 0.5) is 11.4 Å². The number of amides is 1. The predicted octanol–water partition coefficient (Wildman–Crippen LogP) is 5.28. The van der Waals surface area contributed by atoms with Gasteiger partial charge in [0.2, 0.25) is 0 Å². The van der Waals surface area contributed by atoms with Gasteiger partial charge in [-0.3, -0.25) is 14.3 Å². The second-order valence-electron chi connectivity index (χ2n) is 9.19. The molecule has 1 amide bonds. The van der Waals surface area contributed by atoms with E-state index in [0.29, 0.717) is 33.5 Å². The second kappa shape index (κ2) is 10.1. The lowest BCUT2D eigenvalue weighted by atomic mass is 10.1. The van der Waals surface area contributed by atoms with Crippen molar-refractivity contribution >= 4 is 40.2 Å². The summed E-state index contributed by atoms with van der Waals surface area (Å²) in [4.78, 5) is 31.1. The van der Waals surface area contributed by atoms with E-state index in [2.05, 4.69) is 9.88 Å². The molecule has 0 unspecified atom stereocenters. The molecule has 0 radical (unpaired) electrons. The van der Waals surface area contributed by atoms with E-state index in [4.69, 9.17) is 21.3 Å². The molecule has 0 atom stereocenters. The highest BCUT2D eigenvalue weighted by atomic mass is 35.5. The Bertz CT molecular complexity index is 1850. The van der Waals surface area contributed by atoms with Gasteiger partial charge in [0.1, 0.15) is 5.75 Å². The zero-order valence-corrected chi connectivity index (χ0v) is 22.8. The number of thiazole rings is 1. The van der Waals surface area contributed by atoms with Crippen LogP contribution in [-0.4, -0.2) is 26.4 Å². The standard InChI is InChI=1S/C29H24ClN5O3S/c1-18-27(28(37)35(33(18)2)22-9-4-3-5-10-22)32-29-34(15-19-7-6-8-21(30)13-19)24(17-39-29)20-11-12-25-23(14-20)31-26(36)16-38-25/h3-14,17H,15-16H2,1-2H3,(H,31,36). The van der Waals surface area contributed by atoms with Crippen LogP contribution >= 0.6 is 22.9 Å². The molecule has 8 nitrogen and oxygen atoms in total. The Hall–Kier alpha value is -4.34. The molecule has 3 aromatic carbocycles. The summed E-state index contributed by atoms with van der Waals surface area (Å²) in [6.45, 7) is 2.37. The third-order valence-corrected chi connectivity index (χ3v) is 7.77. The van der Waals surface area contributed by atoms with Crippen molar-refractivity contribution in [2.24, 2.45) is 12.0 Å². The molecule has 0 aliphatic carbocycles. The third-order valence-electron chi connectivity index (χ3n) is 6.67. The average molecular weight is 558 g/mol. The van der Waals surface area contributed by atoms with Crippen LogP contribution in [0.3, 0.4) is 0 Å². The van der Waals surface area contributed by atoms with Crippen LogP contribution in [0.15, 0.2) is 88.0 Å². The molecule has 0 spiro atoms. The van der Waals surface area contributed by atoms with E-state index in [1.54, 1.807) is 4.68 Å². The number of aromatic nitrogens is 3. The molecule has 10 heteroatoms. The molecule has 196 valence electrons. The lowest BCUT2D eigenvalue weighted by Gasteiger charge is -2.19. The largest absolute Gasteiger partial charge is 0.482 e. The van der Waals surface area contributed by atoms with Crippen molar-refractivity contribution < 1.29 is 9.53 Å². The number of benzene rings is 3. The number of nitrogens with one attached hydrogen (secondary N) is 1. The first kappa shape index (κ1) is 25.0. The summed E-state index contributed by atoms with van der Waals surface area (Å²) < 4.78 is 11.0. The SMILES string of the molecule is Cc1c(N=c2scc(-c3ccc4c(c3)NC(=O)CO4)n2Cc2cccc(Cl)c2)c(=O)n(-c2ccccc2)n1C. The van der Waals surface area contributed by atoms with Gasteiger partial charge in [0.15, 0.2) is 17.1 Å². The second-order valence-corrected chi connectivity index (χ2v) is 10.5. The number of carbonyl (C=O) groups is 1. The molecule has 5 aromatic rings. The molecule has 1 aliphatic rings. The molecule has 0 saturated heterocycles. The van der Waals surface area contributed by atoms with Crippen LogP contribution in [0.5, 0.6) is 5.75 Å². The molecule has 1 aliphatic heterocycles. The Kier molecular flexibility index (Phi) is 6.46. The van der Waals surface area contributed by atoms with E-state index in [-0.39, 0.29) is 18.1 Å². The number of para-hydroxylation sites is 1. The Labute approximate surface area is 233 Å². The molecule has 0 bridgehead atoms. The molecule has 2 aromatic heterocycles. The summed E-state index contributed by atoms with van der Waals surface area (Å²) in [5.41, 5.74) is 5.08. The molecular formula is C29H24ClN5O3S. The van der Waals surface area contributed by atoms with Crippen molar-refractivity contribution in [3.63, 3.8) is 0 Å². The fourth-order valence-corrected chi connectivity index (χ4v) is 5.77. The van der Waals surface area contributed by atoms with Gasteiger partial charge < -0.3 is 14.6 Å². The van der Waals surface area contributed by atoms with Crippen molar-refractivity contribution in [2.45, 2.75) is 13.5 Å². The summed E-state index contributed by atoms with van der Waals surface area (Å²) in [5.74, 6) is 0.433. The first-order valence-corrected chi connectivity index (χ1v) is 13.5. The van der Waals surface area contributed by atoms with Crippen LogP contribution in [0.25, 0.3) is 16.9 Å². The van der Waals surface area contributed by atoms with Gasteiger partial charge in [-0.2, -0.15) is 0 Å². The quantitative estimate of drug-likeness (QED) is 0.319. The molecular weight excluding hydrogens is 534 g/mol. The number of fused-ring (bicyclic) bond motifs is 1. The van der Waals surface area contributed by atoms with Crippen molar-refractivity contribution in [3.8, 4) is 22.7 Å². The minimum atomic E-state index is -0.195. The Balaban J connectivity index is 1.52. The Morgan fingerprint density at radius 3 is 2.67 bits per heavy atom. The highest BCUT2D eigenvalue weighted by Gasteiger charge is 2.19. The van der Waals surface area contributed by atoms with Gasteiger partial charge in [0.25, 0.3) is 11.5 Å². The first-order valence-electron chi connectivity index (χ1n) is 12.3. The average Bonchev–Trinajstić information content (AvgIpc) is 3.42. The maximum absolute atomic E-state index is 13.6. The highest BCUT2D eigenvalue weighted by molar-refractivity contribution is 7.07. The van der Waals surface area contributed by atoms with E-state index in [9.17, 15) is 9.59 Å². The minimum absolute atomic E-state index is 0.000467. The number of hydrogen-bond acceptors (Lipinski definition) is 5. The van der Waals surface area contributed by atoms with Crippen molar-refractivity contribution in [1.29, 1.82) is 0 Å². The summed E-state index contributed by atoms with van der Waals surface area (Å²) in [6, 6.07) is 22.9. The highest BCUT2D eigenvalue weighted by Crippen LogP contribution is 2.33. The molecule has 1 N–H and O–H groups in total. The van der Waals surface area contributed by atoms with Gasteiger partial charge in [-0.15, -0.1) is 11.3 Å². The van der Waals surface area contributed by atoms with Gasteiger partial charge in [0, 0.05) is 23.0 Å². The number of anilines is 1. The van der Waals surface area contributed by atoms with E-state index < -0.39 is 0 Å². The van der Waals surface area contributed by atoms with E-state index in [1.807, 2.05) is 96.8 Å². The van der Waals surface area contributed by atoms with Gasteiger partial charge in [-0.25, -0.2) is 9.67 Å². The van der Waals surface area contributed by atoms with Crippen LogP contribution in [0.1, 0.15) is 11.3 Å². The number of hydrogen-bond donors (Lipinski definition) is 1. The van der Waals surface area contributed by atoms with Crippen molar-refractivity contribution in [3.05, 3.63) is 110 Å². The zero-order valence-electron chi connectivity index (χ0n) is 21.2. The zero-order chi connectivity index (χ0) is 27.1. The number of ether oxygens (including phenoxy) is 1. The molecule has 39 heavy (non-hydrogen) atoms. The number of rotatable bonds is 5. The molecule has 0 saturated carbocycles. The van der Waals surface area contributed by atoms with E-state index in [1.165, 1.54) is 11.3 Å². The maximum atomic E-state index is 13.6. The summed E-state index contributed by atoms with van der Waals surface area (Å²) in [7, 11) is 1.85. The molecule has 3 heterocycles. The van der Waals surface area contributed by atoms with E-state index in [0.717, 1.165) is 28.2 Å². The van der Waals surface area contributed by atoms with Gasteiger partial charge in [-0.05, 0) is 55.0 Å². The Morgan fingerprint density at radius 2 is 1.87 bits per heavy atom. The van der Waals surface area contributed by atoms with Crippen molar-refractivity contribution in [2.75, 3.05) is 11.9 Å².